The third kappa shape index (κ3) is 4.20. The van der Waals surface area contributed by atoms with Gasteiger partial charge in [-0.2, -0.15) is 0 Å². The van der Waals surface area contributed by atoms with Crippen LogP contribution in [-0.2, 0) is 4.74 Å². The summed E-state index contributed by atoms with van der Waals surface area (Å²) < 4.78 is 6.44. The topological polar surface area (TPSA) is 29.5 Å². The molecule has 0 spiro atoms. The van der Waals surface area contributed by atoms with Gasteiger partial charge in [-0.05, 0) is 47.0 Å². The Bertz CT molecular complexity index is 476. The quantitative estimate of drug-likeness (QED) is 0.680. The fraction of sp³-hybridized carbons (Fsp3) is 0.500. The highest BCUT2D eigenvalue weighted by Crippen LogP contribution is 2.24. The number of rotatable bonds is 4. The van der Waals surface area contributed by atoms with Crippen molar-refractivity contribution in [3.8, 4) is 0 Å². The fourth-order valence-corrected chi connectivity index (χ4v) is 3.31. The van der Waals surface area contributed by atoms with Crippen molar-refractivity contribution in [3.63, 3.8) is 0 Å². The lowest BCUT2D eigenvalue weighted by molar-refractivity contribution is 0.0159. The number of carbonyl (C=O) groups is 1. The molecule has 1 amide bonds. The Hall–Kier alpha value is -0.100. The summed E-state index contributed by atoms with van der Waals surface area (Å²) in [7, 11) is 0. The molecule has 110 valence electrons. The SMILES string of the molecule is O=C(c1ccc(Cl)cc1Br)N1CCC(OCCBr)CC1. The zero-order valence-corrected chi connectivity index (χ0v) is 14.9. The number of halogens is 3. The third-order valence-corrected chi connectivity index (χ3v) is 4.54. The Morgan fingerprint density at radius 2 is 2.10 bits per heavy atom. The van der Waals surface area contributed by atoms with Crippen LogP contribution in [0.3, 0.4) is 0 Å². The van der Waals surface area contributed by atoms with E-state index in [0.717, 1.165) is 42.3 Å². The largest absolute Gasteiger partial charge is 0.377 e. The van der Waals surface area contributed by atoms with Gasteiger partial charge in [-0.3, -0.25) is 4.79 Å². The lowest BCUT2D eigenvalue weighted by Gasteiger charge is -2.32. The number of amides is 1. The molecule has 1 fully saturated rings. The van der Waals surface area contributed by atoms with Crippen LogP contribution in [0, 0.1) is 0 Å². The summed E-state index contributed by atoms with van der Waals surface area (Å²) in [6.45, 7) is 2.20. The first-order valence-electron chi connectivity index (χ1n) is 6.53. The molecule has 1 aromatic rings. The van der Waals surface area contributed by atoms with Crippen molar-refractivity contribution < 1.29 is 9.53 Å². The maximum atomic E-state index is 12.5. The summed E-state index contributed by atoms with van der Waals surface area (Å²) >= 11 is 12.6. The van der Waals surface area contributed by atoms with Crippen LogP contribution < -0.4 is 0 Å². The van der Waals surface area contributed by atoms with Gasteiger partial charge in [-0.25, -0.2) is 0 Å². The van der Waals surface area contributed by atoms with Crippen LogP contribution in [0.4, 0.5) is 0 Å². The minimum atomic E-state index is 0.0486. The van der Waals surface area contributed by atoms with Gasteiger partial charge >= 0.3 is 0 Å². The first kappa shape index (κ1) is 16.3. The highest BCUT2D eigenvalue weighted by atomic mass is 79.9. The van der Waals surface area contributed by atoms with E-state index in [4.69, 9.17) is 16.3 Å². The van der Waals surface area contributed by atoms with Gasteiger partial charge < -0.3 is 9.64 Å². The molecule has 0 N–H and O–H groups in total. The van der Waals surface area contributed by atoms with Crippen molar-refractivity contribution in [2.24, 2.45) is 0 Å². The Morgan fingerprint density at radius 1 is 1.40 bits per heavy atom. The molecule has 3 nitrogen and oxygen atoms in total. The van der Waals surface area contributed by atoms with Crippen molar-refractivity contribution in [3.05, 3.63) is 33.3 Å². The summed E-state index contributed by atoms with van der Waals surface area (Å²) in [6, 6.07) is 5.26. The molecule has 6 heteroatoms. The van der Waals surface area contributed by atoms with E-state index in [1.54, 1.807) is 18.2 Å². The molecule has 0 atom stereocenters. The van der Waals surface area contributed by atoms with Crippen LogP contribution >= 0.6 is 43.5 Å². The molecule has 0 aromatic heterocycles. The van der Waals surface area contributed by atoms with Crippen LogP contribution in [0.5, 0.6) is 0 Å². The van der Waals surface area contributed by atoms with Gasteiger partial charge in [0.05, 0.1) is 18.3 Å². The van der Waals surface area contributed by atoms with E-state index in [9.17, 15) is 4.79 Å². The molecule has 1 aliphatic rings. The second kappa shape index (κ2) is 7.78. The molecule has 20 heavy (non-hydrogen) atoms. The molecule has 0 unspecified atom stereocenters. The van der Waals surface area contributed by atoms with Crippen LogP contribution in [0.25, 0.3) is 0 Å². The Balaban J connectivity index is 1.94. The number of hydrogen-bond acceptors (Lipinski definition) is 2. The summed E-state index contributed by atoms with van der Waals surface area (Å²) in [6.07, 6.45) is 2.05. The average molecular weight is 426 g/mol. The van der Waals surface area contributed by atoms with E-state index >= 15 is 0 Å². The molecule has 0 radical (unpaired) electrons. The van der Waals surface area contributed by atoms with Crippen LogP contribution in [0.15, 0.2) is 22.7 Å². The van der Waals surface area contributed by atoms with Crippen LogP contribution in [-0.4, -0.2) is 41.9 Å². The Labute approximate surface area is 140 Å². The van der Waals surface area contributed by atoms with Crippen molar-refractivity contribution in [1.29, 1.82) is 0 Å². The Morgan fingerprint density at radius 3 is 2.70 bits per heavy atom. The van der Waals surface area contributed by atoms with Crippen molar-refractivity contribution >= 4 is 49.4 Å². The summed E-state index contributed by atoms with van der Waals surface area (Å²) in [5.41, 5.74) is 0.661. The lowest BCUT2D eigenvalue weighted by atomic mass is 10.1. The summed E-state index contributed by atoms with van der Waals surface area (Å²) in [4.78, 5) is 14.3. The van der Waals surface area contributed by atoms with Crippen LogP contribution in [0.1, 0.15) is 23.2 Å². The standard InChI is InChI=1S/C14H16Br2ClNO2/c15-5-8-20-11-3-6-18(7-4-11)14(19)12-2-1-10(17)9-13(12)16/h1-2,9,11H,3-8H2. The normalized spacial score (nSPS) is 16.4. The molecule has 1 aliphatic heterocycles. The number of nitrogens with zero attached hydrogens (tertiary/aromatic N) is 1. The number of ether oxygens (including phenoxy) is 1. The summed E-state index contributed by atoms with van der Waals surface area (Å²) in [5.74, 6) is 0.0486. The van der Waals surface area contributed by atoms with Crippen LogP contribution in [0.2, 0.25) is 5.02 Å². The fourth-order valence-electron chi connectivity index (χ4n) is 2.27. The molecule has 1 heterocycles. The second-order valence-electron chi connectivity index (χ2n) is 4.68. The average Bonchev–Trinajstić information content (AvgIpc) is 2.45. The molecule has 1 aromatic carbocycles. The van der Waals surface area contributed by atoms with E-state index in [2.05, 4.69) is 31.9 Å². The number of alkyl halides is 1. The highest BCUT2D eigenvalue weighted by Gasteiger charge is 2.25. The van der Waals surface area contributed by atoms with Gasteiger partial charge in [0.15, 0.2) is 0 Å². The maximum absolute atomic E-state index is 12.5. The molecular weight excluding hydrogens is 409 g/mol. The molecule has 0 saturated carbocycles. The van der Waals surface area contributed by atoms with E-state index in [0.29, 0.717) is 10.6 Å². The maximum Gasteiger partial charge on any atom is 0.255 e. The smallest absolute Gasteiger partial charge is 0.255 e. The zero-order valence-electron chi connectivity index (χ0n) is 10.9. The number of hydrogen-bond donors (Lipinski definition) is 0. The molecular formula is C14H16Br2ClNO2. The van der Waals surface area contributed by atoms with Gasteiger partial charge in [0, 0.05) is 27.9 Å². The zero-order chi connectivity index (χ0) is 14.5. The predicted molar refractivity (Wildman–Crippen MR) is 87.8 cm³/mol. The van der Waals surface area contributed by atoms with Crippen molar-refractivity contribution in [2.45, 2.75) is 18.9 Å². The second-order valence-corrected chi connectivity index (χ2v) is 6.76. The first-order valence-corrected chi connectivity index (χ1v) is 8.83. The van der Waals surface area contributed by atoms with E-state index in [1.807, 2.05) is 4.90 Å². The Kier molecular flexibility index (Phi) is 6.33. The number of likely N-dealkylation sites (tertiary alicyclic amines) is 1. The number of benzene rings is 1. The number of carbonyl (C=O) groups excluding carboxylic acids is 1. The minimum Gasteiger partial charge on any atom is -0.377 e. The van der Waals surface area contributed by atoms with Gasteiger partial charge in [-0.1, -0.05) is 27.5 Å². The molecule has 0 bridgehead atoms. The predicted octanol–water partition coefficient (Wildman–Crippen LogP) is 4.12. The van der Waals surface area contributed by atoms with Crippen molar-refractivity contribution in [2.75, 3.05) is 25.0 Å². The highest BCUT2D eigenvalue weighted by molar-refractivity contribution is 9.10. The molecule has 1 saturated heterocycles. The molecule has 2 rings (SSSR count). The van der Waals surface area contributed by atoms with E-state index < -0.39 is 0 Å². The van der Waals surface area contributed by atoms with Gasteiger partial charge in [-0.15, -0.1) is 0 Å². The van der Waals surface area contributed by atoms with Crippen molar-refractivity contribution in [1.82, 2.24) is 4.90 Å². The van der Waals surface area contributed by atoms with Gasteiger partial charge in [0.2, 0.25) is 0 Å². The van der Waals surface area contributed by atoms with E-state index in [-0.39, 0.29) is 12.0 Å². The molecule has 0 aliphatic carbocycles. The van der Waals surface area contributed by atoms with Gasteiger partial charge in [0.25, 0.3) is 5.91 Å². The van der Waals surface area contributed by atoms with E-state index in [1.165, 1.54) is 0 Å². The number of piperidine rings is 1. The monoisotopic (exact) mass is 423 g/mol. The summed E-state index contributed by atoms with van der Waals surface area (Å²) in [5, 5.41) is 1.47. The minimum absolute atomic E-state index is 0.0486. The lowest BCUT2D eigenvalue weighted by Crippen LogP contribution is -2.41. The first-order chi connectivity index (χ1) is 9.61. The van der Waals surface area contributed by atoms with Gasteiger partial charge in [0.1, 0.15) is 0 Å². The third-order valence-electron chi connectivity index (χ3n) is 3.32.